The lowest BCUT2D eigenvalue weighted by Crippen LogP contribution is -2.23. The first-order valence-corrected chi connectivity index (χ1v) is 5.77. The third-order valence-electron chi connectivity index (χ3n) is 2.69. The van der Waals surface area contributed by atoms with Gasteiger partial charge in [-0.1, -0.05) is 24.3 Å². The summed E-state index contributed by atoms with van der Waals surface area (Å²) in [7, 11) is 3.46. The summed E-state index contributed by atoms with van der Waals surface area (Å²) < 4.78 is 5.01. The van der Waals surface area contributed by atoms with Crippen LogP contribution in [0.5, 0.6) is 0 Å². The highest BCUT2D eigenvalue weighted by Gasteiger charge is 2.17. The van der Waals surface area contributed by atoms with Crippen LogP contribution < -0.4 is 5.32 Å². The number of rotatable bonds is 7. The first-order chi connectivity index (χ1) is 8.19. The van der Waals surface area contributed by atoms with E-state index in [1.165, 1.54) is 0 Å². The second-order valence-corrected chi connectivity index (χ2v) is 4.08. The fraction of sp³-hybridized carbons (Fsp3) is 0.538. The van der Waals surface area contributed by atoms with Crippen LogP contribution in [0, 0.1) is 0 Å². The number of nitrogens with one attached hydrogen (secondary N) is 1. The van der Waals surface area contributed by atoms with Crippen LogP contribution in [-0.4, -0.2) is 37.0 Å². The third kappa shape index (κ3) is 4.44. The summed E-state index contributed by atoms with van der Waals surface area (Å²) in [4.78, 5) is 0. The number of hydrogen-bond acceptors (Lipinski definition) is 4. The van der Waals surface area contributed by atoms with Crippen LogP contribution in [0.15, 0.2) is 24.3 Å². The Morgan fingerprint density at radius 2 is 1.88 bits per heavy atom. The Bertz CT molecular complexity index is 313. The minimum absolute atomic E-state index is 0.525. The molecule has 2 unspecified atom stereocenters. The van der Waals surface area contributed by atoms with Crippen LogP contribution in [0.2, 0.25) is 0 Å². The first-order valence-electron chi connectivity index (χ1n) is 5.77. The van der Waals surface area contributed by atoms with Gasteiger partial charge in [0.05, 0.1) is 12.7 Å². The Labute approximate surface area is 102 Å². The highest BCUT2D eigenvalue weighted by atomic mass is 16.5. The maximum atomic E-state index is 9.93. The zero-order chi connectivity index (χ0) is 12.7. The van der Waals surface area contributed by atoms with Gasteiger partial charge in [-0.15, -0.1) is 0 Å². The maximum absolute atomic E-state index is 9.93. The van der Waals surface area contributed by atoms with Crippen LogP contribution in [-0.2, 0) is 11.3 Å². The van der Waals surface area contributed by atoms with Gasteiger partial charge in [-0.25, -0.2) is 0 Å². The van der Waals surface area contributed by atoms with Crippen molar-refractivity contribution >= 4 is 0 Å². The van der Waals surface area contributed by atoms with Crippen molar-refractivity contribution < 1.29 is 14.9 Å². The lowest BCUT2D eigenvalue weighted by atomic mass is 10.0. The monoisotopic (exact) mass is 239 g/mol. The molecule has 0 fully saturated rings. The topological polar surface area (TPSA) is 61.7 Å². The van der Waals surface area contributed by atoms with Crippen LogP contribution in [0.4, 0.5) is 0 Å². The van der Waals surface area contributed by atoms with Gasteiger partial charge in [-0.3, -0.25) is 0 Å². The fourth-order valence-electron chi connectivity index (χ4n) is 1.65. The van der Waals surface area contributed by atoms with Gasteiger partial charge in [-0.05, 0) is 31.1 Å². The van der Waals surface area contributed by atoms with Gasteiger partial charge < -0.3 is 20.3 Å². The molecule has 0 radical (unpaired) electrons. The lowest BCUT2D eigenvalue weighted by Gasteiger charge is -2.18. The van der Waals surface area contributed by atoms with Gasteiger partial charge >= 0.3 is 0 Å². The first kappa shape index (κ1) is 14.1. The number of methoxy groups -OCH3 is 1. The van der Waals surface area contributed by atoms with E-state index in [9.17, 15) is 10.2 Å². The molecule has 2 atom stereocenters. The maximum Gasteiger partial charge on any atom is 0.105 e. The van der Waals surface area contributed by atoms with Crippen molar-refractivity contribution in [1.29, 1.82) is 0 Å². The van der Waals surface area contributed by atoms with E-state index < -0.39 is 12.2 Å². The Morgan fingerprint density at radius 3 is 2.41 bits per heavy atom. The van der Waals surface area contributed by atoms with Crippen molar-refractivity contribution in [3.05, 3.63) is 35.4 Å². The standard InChI is InChI=1S/C13H21NO3/c1-14-8-7-12(15)13(16)11-5-3-10(4-6-11)9-17-2/h3-6,12-16H,7-9H2,1-2H3. The minimum Gasteiger partial charge on any atom is -0.390 e. The molecule has 0 heterocycles. The quantitative estimate of drug-likeness (QED) is 0.660. The number of hydrogen-bond donors (Lipinski definition) is 3. The Morgan fingerprint density at radius 1 is 1.24 bits per heavy atom. The van der Waals surface area contributed by atoms with Crippen molar-refractivity contribution in [2.75, 3.05) is 20.7 Å². The Hall–Kier alpha value is -0.940. The normalized spacial score (nSPS) is 14.6. The molecule has 0 aliphatic carbocycles. The molecule has 0 amide bonds. The van der Waals surface area contributed by atoms with Crippen molar-refractivity contribution in [2.45, 2.75) is 25.2 Å². The number of ether oxygens (including phenoxy) is 1. The fourth-order valence-corrected chi connectivity index (χ4v) is 1.65. The van der Waals surface area contributed by atoms with Gasteiger partial charge in [0.15, 0.2) is 0 Å². The molecule has 0 bridgehead atoms. The summed E-state index contributed by atoms with van der Waals surface area (Å²) in [5.41, 5.74) is 1.78. The predicted molar refractivity (Wildman–Crippen MR) is 66.7 cm³/mol. The number of benzene rings is 1. The van der Waals surface area contributed by atoms with E-state index in [-0.39, 0.29) is 0 Å². The zero-order valence-electron chi connectivity index (χ0n) is 10.4. The average molecular weight is 239 g/mol. The number of aliphatic hydroxyl groups is 2. The molecule has 0 saturated heterocycles. The molecule has 96 valence electrons. The van der Waals surface area contributed by atoms with E-state index in [1.54, 1.807) is 7.11 Å². The van der Waals surface area contributed by atoms with Gasteiger partial charge in [0, 0.05) is 7.11 Å². The zero-order valence-corrected chi connectivity index (χ0v) is 10.4. The molecule has 0 spiro atoms. The van der Waals surface area contributed by atoms with E-state index >= 15 is 0 Å². The predicted octanol–water partition coefficient (Wildman–Crippen LogP) is 0.837. The average Bonchev–Trinajstić information content (AvgIpc) is 2.36. The summed E-state index contributed by atoms with van der Waals surface area (Å²) >= 11 is 0. The van der Waals surface area contributed by atoms with Gasteiger partial charge in [0.2, 0.25) is 0 Å². The molecule has 3 N–H and O–H groups in total. The van der Waals surface area contributed by atoms with Gasteiger partial charge in [0.1, 0.15) is 6.10 Å². The molecule has 1 aromatic rings. The van der Waals surface area contributed by atoms with Crippen LogP contribution >= 0.6 is 0 Å². The molecular weight excluding hydrogens is 218 g/mol. The lowest BCUT2D eigenvalue weighted by molar-refractivity contribution is 0.0140. The van der Waals surface area contributed by atoms with E-state index in [0.29, 0.717) is 19.6 Å². The molecule has 1 rings (SSSR count). The molecule has 1 aromatic carbocycles. The van der Waals surface area contributed by atoms with Crippen molar-refractivity contribution in [3.63, 3.8) is 0 Å². The summed E-state index contributed by atoms with van der Waals surface area (Å²) in [6, 6.07) is 7.43. The van der Waals surface area contributed by atoms with E-state index in [2.05, 4.69) is 5.32 Å². The van der Waals surface area contributed by atoms with E-state index in [4.69, 9.17) is 4.74 Å². The Balaban J connectivity index is 2.58. The molecule has 4 heteroatoms. The van der Waals surface area contributed by atoms with E-state index in [1.807, 2.05) is 31.3 Å². The Kier molecular flexibility index (Phi) is 6.15. The molecule has 17 heavy (non-hydrogen) atoms. The highest BCUT2D eigenvalue weighted by molar-refractivity contribution is 5.24. The second-order valence-electron chi connectivity index (χ2n) is 4.08. The number of aliphatic hydroxyl groups excluding tert-OH is 2. The molecule has 0 saturated carbocycles. The van der Waals surface area contributed by atoms with Crippen LogP contribution in [0.3, 0.4) is 0 Å². The molecule has 4 nitrogen and oxygen atoms in total. The summed E-state index contributed by atoms with van der Waals surface area (Å²) in [6.45, 7) is 1.23. The van der Waals surface area contributed by atoms with Crippen LogP contribution in [0.1, 0.15) is 23.7 Å². The molecular formula is C13H21NO3. The van der Waals surface area contributed by atoms with Crippen molar-refractivity contribution in [3.8, 4) is 0 Å². The minimum atomic E-state index is -0.833. The smallest absolute Gasteiger partial charge is 0.105 e. The van der Waals surface area contributed by atoms with Crippen LogP contribution in [0.25, 0.3) is 0 Å². The largest absolute Gasteiger partial charge is 0.390 e. The van der Waals surface area contributed by atoms with Crippen molar-refractivity contribution in [1.82, 2.24) is 5.32 Å². The van der Waals surface area contributed by atoms with Gasteiger partial charge in [-0.2, -0.15) is 0 Å². The summed E-state index contributed by atoms with van der Waals surface area (Å²) in [5, 5.41) is 22.6. The highest BCUT2D eigenvalue weighted by Crippen LogP contribution is 2.19. The van der Waals surface area contributed by atoms with Gasteiger partial charge in [0.25, 0.3) is 0 Å². The third-order valence-corrected chi connectivity index (χ3v) is 2.69. The van der Waals surface area contributed by atoms with E-state index in [0.717, 1.165) is 11.1 Å². The second kappa shape index (κ2) is 7.40. The summed E-state index contributed by atoms with van der Waals surface area (Å²) in [5.74, 6) is 0. The van der Waals surface area contributed by atoms with Crippen molar-refractivity contribution in [2.24, 2.45) is 0 Å². The molecule has 0 aliphatic heterocycles. The SMILES string of the molecule is CNCCC(O)C(O)c1ccc(COC)cc1. The molecule has 0 aliphatic rings. The summed E-state index contributed by atoms with van der Waals surface area (Å²) in [6.07, 6.45) is -1.05. The molecule has 0 aromatic heterocycles.